The molecule has 1 rings (SSSR count). The molecule has 0 aromatic heterocycles. The average Bonchev–Trinajstić information content (AvgIpc) is 2.42. The summed E-state index contributed by atoms with van der Waals surface area (Å²) < 4.78 is 19.1. The minimum atomic E-state index is -0.0909. The highest BCUT2D eigenvalue weighted by Gasteiger charge is 2.12. The third-order valence-corrected chi connectivity index (χ3v) is 3.39. The molecule has 1 unspecified atom stereocenters. The molecule has 1 aromatic rings. The van der Waals surface area contributed by atoms with E-state index in [1.54, 1.807) is 12.1 Å². The van der Waals surface area contributed by atoms with Crippen molar-refractivity contribution >= 4 is 0 Å². The van der Waals surface area contributed by atoms with Crippen LogP contribution in [0.2, 0.25) is 0 Å². The largest absolute Gasteiger partial charge is 0.382 e. The van der Waals surface area contributed by atoms with E-state index in [1.807, 2.05) is 19.1 Å². The summed E-state index contributed by atoms with van der Waals surface area (Å²) in [4.78, 5) is 0. The van der Waals surface area contributed by atoms with Crippen LogP contribution in [0.1, 0.15) is 39.2 Å². The van der Waals surface area contributed by atoms with E-state index >= 15 is 0 Å². The lowest BCUT2D eigenvalue weighted by Crippen LogP contribution is -2.30. The molecule has 3 heteroatoms. The lowest BCUT2D eigenvalue weighted by molar-refractivity contribution is 0.139. The third kappa shape index (κ3) is 7.01. The van der Waals surface area contributed by atoms with Gasteiger partial charge in [0.1, 0.15) is 5.82 Å². The second-order valence-electron chi connectivity index (χ2n) is 5.56. The van der Waals surface area contributed by atoms with E-state index in [4.69, 9.17) is 4.74 Å². The van der Waals surface area contributed by atoms with Crippen LogP contribution in [0, 0.1) is 11.7 Å². The van der Waals surface area contributed by atoms with E-state index < -0.39 is 0 Å². The van der Waals surface area contributed by atoms with Gasteiger partial charge in [0.05, 0.1) is 0 Å². The van der Waals surface area contributed by atoms with Crippen LogP contribution in [-0.4, -0.2) is 25.8 Å². The van der Waals surface area contributed by atoms with Gasteiger partial charge in [-0.3, -0.25) is 0 Å². The summed E-state index contributed by atoms with van der Waals surface area (Å²) in [6.45, 7) is 8.78. The summed E-state index contributed by atoms with van der Waals surface area (Å²) >= 11 is 0. The quantitative estimate of drug-likeness (QED) is 0.659. The molecule has 20 heavy (non-hydrogen) atoms. The van der Waals surface area contributed by atoms with Crippen molar-refractivity contribution < 1.29 is 9.13 Å². The molecular formula is C17H28FNO. The topological polar surface area (TPSA) is 21.3 Å². The molecule has 114 valence electrons. The Morgan fingerprint density at radius 2 is 2.00 bits per heavy atom. The zero-order valence-corrected chi connectivity index (χ0v) is 13.0. The van der Waals surface area contributed by atoms with E-state index in [0.29, 0.717) is 12.0 Å². The minimum Gasteiger partial charge on any atom is -0.382 e. The maximum absolute atomic E-state index is 13.7. The van der Waals surface area contributed by atoms with Crippen LogP contribution in [-0.2, 0) is 11.2 Å². The van der Waals surface area contributed by atoms with Crippen molar-refractivity contribution in [3.8, 4) is 0 Å². The van der Waals surface area contributed by atoms with E-state index in [-0.39, 0.29) is 5.82 Å². The fourth-order valence-electron chi connectivity index (χ4n) is 2.27. The monoisotopic (exact) mass is 281 g/mol. The predicted molar refractivity (Wildman–Crippen MR) is 82.5 cm³/mol. The molecule has 0 aliphatic carbocycles. The summed E-state index contributed by atoms with van der Waals surface area (Å²) in [6, 6.07) is 7.55. The molecule has 0 aliphatic heterocycles. The van der Waals surface area contributed by atoms with Crippen molar-refractivity contribution in [2.24, 2.45) is 5.92 Å². The molecule has 0 amide bonds. The summed E-state index contributed by atoms with van der Waals surface area (Å²) in [5, 5.41) is 3.46. The Hall–Kier alpha value is -0.930. The zero-order chi connectivity index (χ0) is 14.8. The molecule has 1 aromatic carbocycles. The molecule has 1 atom stereocenters. The average molecular weight is 281 g/mol. The fourth-order valence-corrected chi connectivity index (χ4v) is 2.27. The third-order valence-electron chi connectivity index (χ3n) is 3.39. The SMILES string of the molecule is CCOCCCC(CNC(C)C)Cc1ccccc1F. The Kier molecular flexibility index (Phi) is 8.47. The van der Waals surface area contributed by atoms with Crippen LogP contribution in [0.5, 0.6) is 0 Å². The van der Waals surface area contributed by atoms with E-state index in [0.717, 1.165) is 44.6 Å². The van der Waals surface area contributed by atoms with Gasteiger partial charge >= 0.3 is 0 Å². The molecule has 0 saturated heterocycles. The van der Waals surface area contributed by atoms with E-state index in [9.17, 15) is 4.39 Å². The summed E-state index contributed by atoms with van der Waals surface area (Å²) in [7, 11) is 0. The van der Waals surface area contributed by atoms with Crippen molar-refractivity contribution in [3.05, 3.63) is 35.6 Å². The molecule has 0 aliphatic rings. The van der Waals surface area contributed by atoms with Crippen molar-refractivity contribution in [2.75, 3.05) is 19.8 Å². The van der Waals surface area contributed by atoms with Crippen LogP contribution < -0.4 is 5.32 Å². The Morgan fingerprint density at radius 3 is 2.65 bits per heavy atom. The highest BCUT2D eigenvalue weighted by Crippen LogP contribution is 2.16. The van der Waals surface area contributed by atoms with Gasteiger partial charge in [-0.1, -0.05) is 32.0 Å². The van der Waals surface area contributed by atoms with Crippen LogP contribution in [0.3, 0.4) is 0 Å². The van der Waals surface area contributed by atoms with Crippen molar-refractivity contribution in [2.45, 2.75) is 46.1 Å². The molecule has 0 spiro atoms. The minimum absolute atomic E-state index is 0.0909. The van der Waals surface area contributed by atoms with Gasteiger partial charge in [-0.05, 0) is 50.3 Å². The number of nitrogens with one attached hydrogen (secondary N) is 1. The Balaban J connectivity index is 2.50. The molecular weight excluding hydrogens is 253 g/mol. The van der Waals surface area contributed by atoms with Gasteiger partial charge < -0.3 is 10.1 Å². The molecule has 0 saturated carbocycles. The maximum Gasteiger partial charge on any atom is 0.126 e. The van der Waals surface area contributed by atoms with Crippen molar-refractivity contribution in [3.63, 3.8) is 0 Å². The van der Waals surface area contributed by atoms with Gasteiger partial charge in [0.25, 0.3) is 0 Å². The van der Waals surface area contributed by atoms with Gasteiger partial charge in [-0.15, -0.1) is 0 Å². The summed E-state index contributed by atoms with van der Waals surface area (Å²) in [6.07, 6.45) is 2.89. The number of hydrogen-bond donors (Lipinski definition) is 1. The lowest BCUT2D eigenvalue weighted by atomic mass is 9.94. The van der Waals surface area contributed by atoms with Crippen LogP contribution >= 0.6 is 0 Å². The number of ether oxygens (including phenoxy) is 1. The summed E-state index contributed by atoms with van der Waals surface area (Å²) in [5.74, 6) is 0.363. The Labute approximate surface area is 122 Å². The van der Waals surface area contributed by atoms with Crippen molar-refractivity contribution in [1.82, 2.24) is 5.32 Å². The molecule has 2 nitrogen and oxygen atoms in total. The molecule has 0 fully saturated rings. The number of halogens is 1. The number of rotatable bonds is 10. The first kappa shape index (κ1) is 17.1. The Bertz CT molecular complexity index is 368. The standard InChI is InChI=1S/C17H28FNO/c1-4-20-11-7-8-15(13-19-14(2)3)12-16-9-5-6-10-17(16)18/h5-6,9-10,14-15,19H,4,7-8,11-13H2,1-3H3. The van der Waals surface area contributed by atoms with Gasteiger partial charge in [-0.25, -0.2) is 4.39 Å². The first-order valence-electron chi connectivity index (χ1n) is 7.68. The van der Waals surface area contributed by atoms with E-state index in [2.05, 4.69) is 19.2 Å². The van der Waals surface area contributed by atoms with E-state index in [1.165, 1.54) is 0 Å². The van der Waals surface area contributed by atoms with Gasteiger partial charge in [0, 0.05) is 19.3 Å². The predicted octanol–water partition coefficient (Wildman–Crippen LogP) is 3.80. The smallest absolute Gasteiger partial charge is 0.126 e. The highest BCUT2D eigenvalue weighted by atomic mass is 19.1. The van der Waals surface area contributed by atoms with Gasteiger partial charge in [0.15, 0.2) is 0 Å². The highest BCUT2D eigenvalue weighted by molar-refractivity contribution is 5.17. The maximum atomic E-state index is 13.7. The zero-order valence-electron chi connectivity index (χ0n) is 13.0. The first-order valence-corrected chi connectivity index (χ1v) is 7.68. The fraction of sp³-hybridized carbons (Fsp3) is 0.647. The first-order chi connectivity index (χ1) is 9.63. The normalized spacial score (nSPS) is 12.8. The molecule has 0 heterocycles. The second-order valence-corrected chi connectivity index (χ2v) is 5.56. The second kappa shape index (κ2) is 9.89. The van der Waals surface area contributed by atoms with Crippen molar-refractivity contribution in [1.29, 1.82) is 0 Å². The van der Waals surface area contributed by atoms with Crippen LogP contribution in [0.15, 0.2) is 24.3 Å². The van der Waals surface area contributed by atoms with Crippen LogP contribution in [0.25, 0.3) is 0 Å². The summed E-state index contributed by atoms with van der Waals surface area (Å²) in [5.41, 5.74) is 0.819. The molecule has 1 N–H and O–H groups in total. The molecule has 0 radical (unpaired) electrons. The lowest BCUT2D eigenvalue weighted by Gasteiger charge is -2.19. The van der Waals surface area contributed by atoms with Gasteiger partial charge in [0.2, 0.25) is 0 Å². The Morgan fingerprint density at radius 1 is 1.25 bits per heavy atom. The van der Waals surface area contributed by atoms with Gasteiger partial charge in [-0.2, -0.15) is 0 Å². The number of hydrogen-bond acceptors (Lipinski definition) is 2. The van der Waals surface area contributed by atoms with Crippen LogP contribution in [0.4, 0.5) is 4.39 Å². The number of benzene rings is 1. The molecule has 0 bridgehead atoms.